The average molecular weight is 258 g/mol. The Morgan fingerprint density at radius 1 is 1.00 bits per heavy atom. The van der Waals surface area contributed by atoms with Gasteiger partial charge >= 0.3 is 0 Å². The molecule has 0 spiro atoms. The SMILES string of the molecule is COc1c(CO)c(C)c(CO)c(OC)c1SC. The summed E-state index contributed by atoms with van der Waals surface area (Å²) >= 11 is 1.47. The van der Waals surface area contributed by atoms with E-state index in [4.69, 9.17) is 9.47 Å². The average Bonchev–Trinajstić information content (AvgIpc) is 2.36. The molecule has 0 aliphatic carbocycles. The first-order valence-corrected chi connectivity index (χ1v) is 6.40. The summed E-state index contributed by atoms with van der Waals surface area (Å²) in [4.78, 5) is 0.800. The van der Waals surface area contributed by atoms with Gasteiger partial charge in [-0.05, 0) is 18.7 Å². The lowest BCUT2D eigenvalue weighted by Crippen LogP contribution is -2.05. The van der Waals surface area contributed by atoms with Crippen LogP contribution in [0.1, 0.15) is 16.7 Å². The van der Waals surface area contributed by atoms with Crippen LogP contribution in [-0.2, 0) is 13.2 Å². The second kappa shape index (κ2) is 6.14. The van der Waals surface area contributed by atoms with E-state index in [0.717, 1.165) is 10.5 Å². The van der Waals surface area contributed by atoms with Crippen LogP contribution in [0, 0.1) is 6.92 Å². The second-order valence-corrected chi connectivity index (χ2v) is 4.31. The monoisotopic (exact) mass is 258 g/mol. The normalized spacial score (nSPS) is 10.5. The van der Waals surface area contributed by atoms with Crippen molar-refractivity contribution < 1.29 is 19.7 Å². The molecule has 5 heteroatoms. The molecule has 2 N–H and O–H groups in total. The van der Waals surface area contributed by atoms with Crippen molar-refractivity contribution in [3.05, 3.63) is 16.7 Å². The standard InChI is InChI=1S/C12H18O4S/c1-7-8(5-13)10(15-2)12(17-4)11(16-3)9(7)6-14/h13-14H,5-6H2,1-4H3. The first-order valence-electron chi connectivity index (χ1n) is 5.18. The lowest BCUT2D eigenvalue weighted by atomic mass is 10.0. The number of aliphatic hydroxyl groups is 2. The van der Waals surface area contributed by atoms with Gasteiger partial charge in [-0.3, -0.25) is 0 Å². The van der Waals surface area contributed by atoms with Crippen LogP contribution in [0.2, 0.25) is 0 Å². The predicted molar refractivity (Wildman–Crippen MR) is 67.9 cm³/mol. The Morgan fingerprint density at radius 2 is 1.41 bits per heavy atom. The maximum atomic E-state index is 9.42. The topological polar surface area (TPSA) is 58.9 Å². The van der Waals surface area contributed by atoms with E-state index in [-0.39, 0.29) is 13.2 Å². The van der Waals surface area contributed by atoms with Gasteiger partial charge in [0.2, 0.25) is 0 Å². The van der Waals surface area contributed by atoms with Gasteiger partial charge in [-0.1, -0.05) is 0 Å². The quantitative estimate of drug-likeness (QED) is 0.788. The van der Waals surface area contributed by atoms with Gasteiger partial charge in [-0.25, -0.2) is 0 Å². The van der Waals surface area contributed by atoms with E-state index < -0.39 is 0 Å². The van der Waals surface area contributed by atoms with Crippen LogP contribution >= 0.6 is 11.8 Å². The minimum atomic E-state index is -0.125. The third-order valence-corrected chi connectivity index (χ3v) is 3.57. The Bertz CT molecular complexity index is 371. The molecule has 96 valence electrons. The van der Waals surface area contributed by atoms with Gasteiger partial charge < -0.3 is 19.7 Å². The summed E-state index contributed by atoms with van der Waals surface area (Å²) in [6.45, 7) is 1.59. The Labute approximate surface area is 106 Å². The molecule has 0 amide bonds. The van der Waals surface area contributed by atoms with Gasteiger partial charge in [-0.2, -0.15) is 0 Å². The number of hydrogen-bond acceptors (Lipinski definition) is 5. The predicted octanol–water partition coefficient (Wildman–Crippen LogP) is 1.72. The Kier molecular flexibility index (Phi) is 5.11. The molecule has 0 saturated carbocycles. The fourth-order valence-electron chi connectivity index (χ4n) is 1.90. The molecule has 0 aliphatic rings. The van der Waals surface area contributed by atoms with Crippen LogP contribution in [0.3, 0.4) is 0 Å². The molecule has 1 rings (SSSR count). The highest BCUT2D eigenvalue weighted by Crippen LogP contribution is 2.44. The van der Waals surface area contributed by atoms with Crippen molar-refractivity contribution in [2.75, 3.05) is 20.5 Å². The van der Waals surface area contributed by atoms with Gasteiger partial charge in [0, 0.05) is 11.1 Å². The Balaban J connectivity index is 3.66. The molecule has 0 fully saturated rings. The summed E-state index contributed by atoms with van der Waals surface area (Å²) in [6, 6.07) is 0. The summed E-state index contributed by atoms with van der Waals surface area (Å²) in [5.74, 6) is 1.23. The van der Waals surface area contributed by atoms with Crippen LogP contribution in [0.25, 0.3) is 0 Å². The van der Waals surface area contributed by atoms with Crippen molar-refractivity contribution in [3.8, 4) is 11.5 Å². The highest BCUT2D eigenvalue weighted by molar-refractivity contribution is 7.98. The molecule has 1 aromatic carbocycles. The van der Waals surface area contributed by atoms with E-state index in [1.54, 1.807) is 14.2 Å². The summed E-state index contributed by atoms with van der Waals surface area (Å²) in [5, 5.41) is 18.8. The van der Waals surface area contributed by atoms with Crippen LogP contribution < -0.4 is 9.47 Å². The van der Waals surface area contributed by atoms with E-state index >= 15 is 0 Å². The van der Waals surface area contributed by atoms with Crippen LogP contribution in [0.5, 0.6) is 11.5 Å². The lowest BCUT2D eigenvalue weighted by molar-refractivity contribution is 0.259. The smallest absolute Gasteiger partial charge is 0.141 e. The van der Waals surface area contributed by atoms with Gasteiger partial charge in [0.05, 0.1) is 32.3 Å². The highest BCUT2D eigenvalue weighted by atomic mass is 32.2. The summed E-state index contributed by atoms with van der Waals surface area (Å²) in [7, 11) is 3.12. The molecule has 0 radical (unpaired) electrons. The molecule has 0 aliphatic heterocycles. The maximum absolute atomic E-state index is 9.42. The zero-order valence-electron chi connectivity index (χ0n) is 10.5. The van der Waals surface area contributed by atoms with Crippen molar-refractivity contribution >= 4 is 11.8 Å². The van der Waals surface area contributed by atoms with Crippen LogP contribution in [0.15, 0.2) is 4.90 Å². The number of hydrogen-bond donors (Lipinski definition) is 2. The van der Waals surface area contributed by atoms with Gasteiger partial charge in [0.15, 0.2) is 0 Å². The fraction of sp³-hybridized carbons (Fsp3) is 0.500. The zero-order valence-corrected chi connectivity index (χ0v) is 11.3. The fourth-order valence-corrected chi connectivity index (χ4v) is 2.68. The van der Waals surface area contributed by atoms with Crippen molar-refractivity contribution in [3.63, 3.8) is 0 Å². The molecular weight excluding hydrogens is 240 g/mol. The molecule has 0 aromatic heterocycles. The molecule has 0 saturated heterocycles. The zero-order chi connectivity index (χ0) is 13.0. The van der Waals surface area contributed by atoms with E-state index in [0.29, 0.717) is 22.6 Å². The maximum Gasteiger partial charge on any atom is 0.141 e. The number of methoxy groups -OCH3 is 2. The van der Waals surface area contributed by atoms with E-state index in [9.17, 15) is 10.2 Å². The van der Waals surface area contributed by atoms with Crippen molar-refractivity contribution in [1.29, 1.82) is 0 Å². The van der Waals surface area contributed by atoms with Gasteiger partial charge in [-0.15, -0.1) is 11.8 Å². The Morgan fingerprint density at radius 3 is 1.65 bits per heavy atom. The number of aliphatic hydroxyl groups excluding tert-OH is 2. The third-order valence-electron chi connectivity index (χ3n) is 2.79. The molecular formula is C12H18O4S. The van der Waals surface area contributed by atoms with Crippen LogP contribution in [0.4, 0.5) is 0 Å². The first kappa shape index (κ1) is 14.2. The van der Waals surface area contributed by atoms with Crippen molar-refractivity contribution in [1.82, 2.24) is 0 Å². The largest absolute Gasteiger partial charge is 0.495 e. The number of ether oxygens (including phenoxy) is 2. The molecule has 0 unspecified atom stereocenters. The van der Waals surface area contributed by atoms with E-state index in [1.807, 2.05) is 13.2 Å². The molecule has 4 nitrogen and oxygen atoms in total. The second-order valence-electron chi connectivity index (χ2n) is 3.50. The summed E-state index contributed by atoms with van der Waals surface area (Å²) < 4.78 is 10.7. The van der Waals surface area contributed by atoms with E-state index in [1.165, 1.54) is 11.8 Å². The molecule has 0 bridgehead atoms. The van der Waals surface area contributed by atoms with Crippen molar-refractivity contribution in [2.45, 2.75) is 25.0 Å². The lowest BCUT2D eigenvalue weighted by Gasteiger charge is -2.20. The van der Waals surface area contributed by atoms with Gasteiger partial charge in [0.1, 0.15) is 11.5 Å². The molecule has 1 aromatic rings. The summed E-state index contributed by atoms with van der Waals surface area (Å²) in [6.07, 6.45) is 1.90. The van der Waals surface area contributed by atoms with Crippen LogP contribution in [-0.4, -0.2) is 30.7 Å². The molecule has 17 heavy (non-hydrogen) atoms. The number of rotatable bonds is 5. The molecule has 0 atom stereocenters. The Hall–Kier alpha value is -0.910. The first-order chi connectivity index (χ1) is 8.15. The van der Waals surface area contributed by atoms with Gasteiger partial charge in [0.25, 0.3) is 0 Å². The summed E-state index contributed by atoms with van der Waals surface area (Å²) in [5.41, 5.74) is 2.20. The molecule has 0 heterocycles. The third kappa shape index (κ3) is 2.36. The number of thioether (sulfide) groups is 1. The number of benzene rings is 1. The minimum Gasteiger partial charge on any atom is -0.495 e. The minimum absolute atomic E-state index is 0.125. The van der Waals surface area contributed by atoms with E-state index in [2.05, 4.69) is 0 Å². The highest BCUT2D eigenvalue weighted by Gasteiger charge is 2.21. The van der Waals surface area contributed by atoms with Crippen molar-refractivity contribution in [2.24, 2.45) is 0 Å².